The Balaban J connectivity index is 1.56. The Morgan fingerprint density at radius 1 is 1.06 bits per heavy atom. The van der Waals surface area contributed by atoms with Crippen molar-refractivity contribution in [3.8, 4) is 0 Å². The predicted molar refractivity (Wildman–Crippen MR) is 145 cm³/mol. The van der Waals surface area contributed by atoms with Crippen LogP contribution >= 0.6 is 11.3 Å². The summed E-state index contributed by atoms with van der Waals surface area (Å²) in [7, 11) is -3.85. The quantitative estimate of drug-likeness (QED) is 0.351. The van der Waals surface area contributed by atoms with Crippen molar-refractivity contribution in [3.05, 3.63) is 99.1 Å². The first-order chi connectivity index (χ1) is 17.4. The molecule has 3 aromatic rings. The number of rotatable bonds is 11. The minimum atomic E-state index is -3.85. The molecule has 1 aromatic heterocycles. The molecule has 0 aliphatic carbocycles. The van der Waals surface area contributed by atoms with Gasteiger partial charge in [-0.1, -0.05) is 60.7 Å². The summed E-state index contributed by atoms with van der Waals surface area (Å²) in [5, 5.41) is 3.20. The number of aryl methyl sites for hydroxylation is 1. The zero-order valence-corrected chi connectivity index (χ0v) is 22.1. The molecule has 1 saturated heterocycles. The van der Waals surface area contributed by atoms with Crippen LogP contribution in [0.5, 0.6) is 0 Å². The third-order valence-electron chi connectivity index (χ3n) is 6.21. The van der Waals surface area contributed by atoms with Crippen LogP contribution in [-0.2, 0) is 32.6 Å². The number of ether oxygens (including phenoxy) is 1. The molecule has 2 heterocycles. The molecular formula is C28H32N2O4S2. The van der Waals surface area contributed by atoms with Crippen LogP contribution in [0.1, 0.15) is 34.4 Å². The highest BCUT2D eigenvalue weighted by Gasteiger charge is 2.30. The van der Waals surface area contributed by atoms with Crippen molar-refractivity contribution in [2.24, 2.45) is 0 Å². The van der Waals surface area contributed by atoms with Crippen LogP contribution in [0.4, 0.5) is 0 Å². The van der Waals surface area contributed by atoms with Crippen molar-refractivity contribution in [2.45, 2.75) is 39.0 Å². The van der Waals surface area contributed by atoms with Crippen LogP contribution in [0.2, 0.25) is 0 Å². The maximum Gasteiger partial charge on any atom is 0.238 e. The van der Waals surface area contributed by atoms with E-state index < -0.39 is 10.0 Å². The molecule has 0 radical (unpaired) electrons. The number of carbonyl (C=O) groups excluding carboxylic acids is 1. The average Bonchev–Trinajstić information content (AvgIpc) is 3.55. The number of carbonyl (C=O) groups is 1. The molecule has 6 nitrogen and oxygen atoms in total. The summed E-state index contributed by atoms with van der Waals surface area (Å²) in [6.07, 6.45) is 3.04. The summed E-state index contributed by atoms with van der Waals surface area (Å²) in [5.74, 6) is -0.235. The van der Waals surface area contributed by atoms with Crippen LogP contribution in [0.25, 0.3) is 6.08 Å². The number of benzene rings is 2. The molecule has 8 heteroatoms. The lowest BCUT2D eigenvalue weighted by molar-refractivity contribution is -0.132. The summed E-state index contributed by atoms with van der Waals surface area (Å²) in [6, 6.07) is 21.1. The summed E-state index contributed by atoms with van der Waals surface area (Å²) in [5.41, 5.74) is 2.90. The number of hydrogen-bond donors (Lipinski definition) is 0. The third kappa shape index (κ3) is 7.36. The van der Waals surface area contributed by atoms with E-state index in [0.29, 0.717) is 19.7 Å². The minimum Gasteiger partial charge on any atom is -0.377 e. The molecular weight excluding hydrogens is 492 g/mol. The van der Waals surface area contributed by atoms with Crippen LogP contribution in [0, 0.1) is 6.92 Å². The zero-order valence-electron chi connectivity index (χ0n) is 20.5. The molecule has 2 aromatic carbocycles. The van der Waals surface area contributed by atoms with Gasteiger partial charge in [-0.2, -0.15) is 4.31 Å². The maximum atomic E-state index is 13.6. The second-order valence-corrected chi connectivity index (χ2v) is 11.8. The average molecular weight is 525 g/mol. The van der Waals surface area contributed by atoms with Gasteiger partial charge in [-0.05, 0) is 54.0 Å². The smallest absolute Gasteiger partial charge is 0.238 e. The Kier molecular flexibility index (Phi) is 9.09. The lowest BCUT2D eigenvalue weighted by Gasteiger charge is -2.28. The van der Waals surface area contributed by atoms with E-state index in [-0.39, 0.29) is 25.1 Å². The topological polar surface area (TPSA) is 66.9 Å². The third-order valence-corrected chi connectivity index (χ3v) is 8.69. The van der Waals surface area contributed by atoms with E-state index in [1.807, 2.05) is 79.0 Å². The maximum absolute atomic E-state index is 13.6. The van der Waals surface area contributed by atoms with Gasteiger partial charge in [0.05, 0.1) is 19.2 Å². The lowest BCUT2D eigenvalue weighted by Crippen LogP contribution is -2.44. The fourth-order valence-corrected chi connectivity index (χ4v) is 6.20. The van der Waals surface area contributed by atoms with Gasteiger partial charge in [0.25, 0.3) is 0 Å². The fourth-order valence-electron chi connectivity index (χ4n) is 4.11. The molecule has 190 valence electrons. The van der Waals surface area contributed by atoms with Crippen LogP contribution in [0.15, 0.2) is 77.5 Å². The standard InChI is InChI=1S/C28H32N2O4S2/c1-23-14-17-35-27(23)21-29(19-25-11-6-3-7-12-25)28(31)22-30(20-26-13-8-16-34-26)36(32,33)18-15-24-9-4-2-5-10-24/h2-7,9-12,14-15,17-18,26H,8,13,16,19-22H2,1H3. The molecule has 1 amide bonds. The van der Waals surface area contributed by atoms with Gasteiger partial charge in [0.15, 0.2) is 0 Å². The van der Waals surface area contributed by atoms with E-state index in [1.54, 1.807) is 22.3 Å². The van der Waals surface area contributed by atoms with Crippen LogP contribution in [0.3, 0.4) is 0 Å². The Bertz CT molecular complexity index is 1250. The van der Waals surface area contributed by atoms with Gasteiger partial charge in [0, 0.05) is 30.0 Å². The van der Waals surface area contributed by atoms with E-state index in [9.17, 15) is 13.2 Å². The second kappa shape index (κ2) is 12.5. The van der Waals surface area contributed by atoms with Crippen molar-refractivity contribution in [1.29, 1.82) is 0 Å². The highest BCUT2D eigenvalue weighted by molar-refractivity contribution is 7.92. The van der Waals surface area contributed by atoms with E-state index >= 15 is 0 Å². The van der Waals surface area contributed by atoms with Gasteiger partial charge >= 0.3 is 0 Å². The first-order valence-electron chi connectivity index (χ1n) is 12.1. The van der Waals surface area contributed by atoms with Gasteiger partial charge in [-0.25, -0.2) is 8.42 Å². The van der Waals surface area contributed by atoms with Gasteiger partial charge in [0.1, 0.15) is 0 Å². The summed E-state index contributed by atoms with van der Waals surface area (Å²) in [6.45, 7) is 3.41. The summed E-state index contributed by atoms with van der Waals surface area (Å²) in [4.78, 5) is 16.5. The van der Waals surface area contributed by atoms with Crippen molar-refractivity contribution in [3.63, 3.8) is 0 Å². The molecule has 0 saturated carbocycles. The van der Waals surface area contributed by atoms with E-state index in [4.69, 9.17) is 4.74 Å². The Labute approximate surface area is 217 Å². The fraction of sp³-hybridized carbons (Fsp3) is 0.321. The summed E-state index contributed by atoms with van der Waals surface area (Å²) < 4.78 is 33.8. The lowest BCUT2D eigenvalue weighted by atomic mass is 10.2. The predicted octanol–water partition coefficient (Wildman–Crippen LogP) is 5.07. The van der Waals surface area contributed by atoms with E-state index in [0.717, 1.165) is 34.4 Å². The number of amides is 1. The highest BCUT2D eigenvalue weighted by atomic mass is 32.2. The molecule has 0 bridgehead atoms. The number of hydrogen-bond acceptors (Lipinski definition) is 5. The Morgan fingerprint density at radius 3 is 2.42 bits per heavy atom. The van der Waals surface area contributed by atoms with Crippen molar-refractivity contribution in [1.82, 2.24) is 9.21 Å². The van der Waals surface area contributed by atoms with Crippen molar-refractivity contribution in [2.75, 3.05) is 19.7 Å². The Hall–Kier alpha value is -2.78. The monoisotopic (exact) mass is 524 g/mol. The molecule has 1 aliphatic heterocycles. The second-order valence-electron chi connectivity index (χ2n) is 8.95. The number of thiophene rings is 1. The largest absolute Gasteiger partial charge is 0.377 e. The zero-order chi connectivity index (χ0) is 25.4. The molecule has 36 heavy (non-hydrogen) atoms. The highest BCUT2D eigenvalue weighted by Crippen LogP contribution is 2.21. The first kappa shape index (κ1) is 26.3. The minimum absolute atomic E-state index is 0.157. The van der Waals surface area contributed by atoms with E-state index in [2.05, 4.69) is 0 Å². The van der Waals surface area contributed by atoms with E-state index in [1.165, 1.54) is 9.71 Å². The van der Waals surface area contributed by atoms with Crippen LogP contribution < -0.4 is 0 Å². The normalized spacial score (nSPS) is 16.1. The SMILES string of the molecule is Cc1ccsc1CN(Cc1ccccc1)C(=O)CN(CC1CCCO1)S(=O)(=O)C=Cc1ccccc1. The first-order valence-corrected chi connectivity index (χ1v) is 14.5. The molecule has 1 aliphatic rings. The number of sulfonamides is 1. The number of nitrogens with zero attached hydrogens (tertiary/aromatic N) is 2. The van der Waals surface area contributed by atoms with Gasteiger partial charge in [-0.3, -0.25) is 4.79 Å². The molecule has 4 rings (SSSR count). The van der Waals surface area contributed by atoms with Crippen molar-refractivity contribution < 1.29 is 17.9 Å². The molecule has 1 fully saturated rings. The molecule has 1 unspecified atom stereocenters. The van der Waals surface area contributed by atoms with Gasteiger partial charge in [0.2, 0.25) is 15.9 Å². The molecule has 0 N–H and O–H groups in total. The summed E-state index contributed by atoms with van der Waals surface area (Å²) >= 11 is 1.61. The molecule has 1 atom stereocenters. The van der Waals surface area contributed by atoms with Crippen molar-refractivity contribution >= 4 is 33.3 Å². The van der Waals surface area contributed by atoms with Gasteiger partial charge in [-0.15, -0.1) is 11.3 Å². The Morgan fingerprint density at radius 2 is 1.78 bits per heavy atom. The molecule has 0 spiro atoms. The van der Waals surface area contributed by atoms with Gasteiger partial charge < -0.3 is 9.64 Å². The van der Waals surface area contributed by atoms with Crippen LogP contribution in [-0.4, -0.2) is 49.3 Å².